The van der Waals surface area contributed by atoms with E-state index in [4.69, 9.17) is 0 Å². The molecule has 2 aromatic carbocycles. The van der Waals surface area contributed by atoms with Crippen LogP contribution in [-0.4, -0.2) is 21.7 Å². The first-order valence-corrected chi connectivity index (χ1v) is 9.02. The number of nitrogens with zero attached hydrogens (tertiary/aromatic N) is 2. The maximum absolute atomic E-state index is 12.5. The molecular formula is C22H18N4O4. The molecule has 0 spiro atoms. The second kappa shape index (κ2) is 9.74. The maximum Gasteiger partial charge on any atom is 0.269 e. The molecule has 1 aromatic heterocycles. The number of hydrogen-bond acceptors (Lipinski definition) is 5. The van der Waals surface area contributed by atoms with Crippen LogP contribution in [0, 0.1) is 10.1 Å². The van der Waals surface area contributed by atoms with Crippen LogP contribution >= 0.6 is 0 Å². The molecule has 2 amide bonds. The predicted octanol–water partition coefficient (Wildman–Crippen LogP) is 3.57. The largest absolute Gasteiger partial charge is 0.348 e. The fourth-order valence-corrected chi connectivity index (χ4v) is 2.62. The zero-order valence-electron chi connectivity index (χ0n) is 15.8. The number of rotatable bonds is 7. The van der Waals surface area contributed by atoms with E-state index in [-0.39, 0.29) is 11.6 Å². The molecule has 3 rings (SSSR count). The van der Waals surface area contributed by atoms with E-state index in [0.717, 1.165) is 5.56 Å². The third-order valence-corrected chi connectivity index (χ3v) is 4.14. The summed E-state index contributed by atoms with van der Waals surface area (Å²) in [5.41, 5.74) is 2.18. The number of anilines is 1. The van der Waals surface area contributed by atoms with Crippen molar-refractivity contribution in [2.75, 3.05) is 5.32 Å². The molecule has 30 heavy (non-hydrogen) atoms. The molecule has 0 fully saturated rings. The molecule has 0 atom stereocenters. The summed E-state index contributed by atoms with van der Waals surface area (Å²) >= 11 is 0. The van der Waals surface area contributed by atoms with Gasteiger partial charge in [-0.25, -0.2) is 0 Å². The SMILES string of the molecule is O=C(/C=C/c1ccc([N+](=O)[O-])cc1)Nc1ccccc1C(=O)NCc1cccnc1. The van der Waals surface area contributed by atoms with E-state index in [2.05, 4.69) is 15.6 Å². The van der Waals surface area contributed by atoms with Gasteiger partial charge in [-0.1, -0.05) is 18.2 Å². The van der Waals surface area contributed by atoms with Crippen molar-refractivity contribution >= 4 is 29.3 Å². The highest BCUT2D eigenvalue weighted by Gasteiger charge is 2.12. The summed E-state index contributed by atoms with van der Waals surface area (Å²) in [7, 11) is 0. The summed E-state index contributed by atoms with van der Waals surface area (Å²) in [5, 5.41) is 16.2. The summed E-state index contributed by atoms with van der Waals surface area (Å²) in [5.74, 6) is -0.755. The number of amides is 2. The standard InChI is InChI=1S/C22H18N4O4/c27-21(12-9-16-7-10-18(11-8-16)26(29)30)25-20-6-2-1-5-19(20)22(28)24-15-17-4-3-13-23-14-17/h1-14H,15H2,(H,24,28)(H,25,27)/b12-9+. The molecule has 0 saturated carbocycles. The number of pyridine rings is 1. The first-order chi connectivity index (χ1) is 14.5. The first kappa shape index (κ1) is 20.4. The summed E-state index contributed by atoms with van der Waals surface area (Å²) in [6.45, 7) is 0.314. The van der Waals surface area contributed by atoms with Gasteiger partial charge in [0.1, 0.15) is 0 Å². The van der Waals surface area contributed by atoms with E-state index >= 15 is 0 Å². The molecule has 3 aromatic rings. The van der Waals surface area contributed by atoms with E-state index < -0.39 is 10.8 Å². The van der Waals surface area contributed by atoms with Gasteiger partial charge in [0.05, 0.1) is 16.2 Å². The quantitative estimate of drug-likeness (QED) is 0.356. The Morgan fingerprint density at radius 3 is 2.50 bits per heavy atom. The number of nitrogens with one attached hydrogen (secondary N) is 2. The molecule has 2 N–H and O–H groups in total. The van der Waals surface area contributed by atoms with E-state index in [1.54, 1.807) is 54.9 Å². The van der Waals surface area contributed by atoms with Gasteiger partial charge < -0.3 is 10.6 Å². The number of carbonyl (C=O) groups is 2. The molecular weight excluding hydrogens is 384 g/mol. The van der Waals surface area contributed by atoms with Crippen molar-refractivity contribution in [2.45, 2.75) is 6.54 Å². The molecule has 0 saturated heterocycles. The monoisotopic (exact) mass is 402 g/mol. The number of carbonyl (C=O) groups excluding carboxylic acids is 2. The molecule has 0 aliphatic carbocycles. The maximum atomic E-state index is 12.5. The highest BCUT2D eigenvalue weighted by atomic mass is 16.6. The van der Waals surface area contributed by atoms with E-state index in [0.29, 0.717) is 23.4 Å². The van der Waals surface area contributed by atoms with Crippen molar-refractivity contribution in [1.82, 2.24) is 10.3 Å². The van der Waals surface area contributed by atoms with Gasteiger partial charge in [0, 0.05) is 37.1 Å². The molecule has 0 bridgehead atoms. The minimum Gasteiger partial charge on any atom is -0.348 e. The van der Waals surface area contributed by atoms with Crippen LogP contribution in [0.5, 0.6) is 0 Å². The Kier molecular flexibility index (Phi) is 6.63. The lowest BCUT2D eigenvalue weighted by atomic mass is 10.1. The van der Waals surface area contributed by atoms with Crippen LogP contribution in [0.25, 0.3) is 6.08 Å². The van der Waals surface area contributed by atoms with Gasteiger partial charge in [-0.15, -0.1) is 0 Å². The molecule has 8 heteroatoms. The van der Waals surface area contributed by atoms with Crippen molar-refractivity contribution in [3.63, 3.8) is 0 Å². The van der Waals surface area contributed by atoms with Crippen LogP contribution in [0.1, 0.15) is 21.5 Å². The van der Waals surface area contributed by atoms with Gasteiger partial charge in [-0.3, -0.25) is 24.7 Å². The minimum atomic E-state index is -0.490. The second-order valence-electron chi connectivity index (χ2n) is 6.26. The number of nitro benzene ring substituents is 1. The van der Waals surface area contributed by atoms with Crippen molar-refractivity contribution in [1.29, 1.82) is 0 Å². The smallest absolute Gasteiger partial charge is 0.269 e. The van der Waals surface area contributed by atoms with Gasteiger partial charge >= 0.3 is 0 Å². The van der Waals surface area contributed by atoms with Crippen molar-refractivity contribution in [3.8, 4) is 0 Å². The van der Waals surface area contributed by atoms with Crippen LogP contribution in [0.4, 0.5) is 11.4 Å². The van der Waals surface area contributed by atoms with Crippen LogP contribution < -0.4 is 10.6 Å². The van der Waals surface area contributed by atoms with E-state index in [1.807, 2.05) is 6.07 Å². The molecule has 1 heterocycles. The van der Waals surface area contributed by atoms with Crippen molar-refractivity contribution in [3.05, 3.63) is 106 Å². The van der Waals surface area contributed by atoms with E-state index in [9.17, 15) is 19.7 Å². The number of aromatic nitrogens is 1. The average molecular weight is 402 g/mol. The zero-order chi connectivity index (χ0) is 21.3. The van der Waals surface area contributed by atoms with Gasteiger partial charge in [0.15, 0.2) is 0 Å². The second-order valence-corrected chi connectivity index (χ2v) is 6.26. The fraction of sp³-hybridized carbons (Fsp3) is 0.0455. The lowest BCUT2D eigenvalue weighted by Crippen LogP contribution is -2.24. The van der Waals surface area contributed by atoms with Gasteiger partial charge in [-0.05, 0) is 47.5 Å². The minimum absolute atomic E-state index is 0.0252. The first-order valence-electron chi connectivity index (χ1n) is 9.02. The predicted molar refractivity (Wildman–Crippen MR) is 113 cm³/mol. The molecule has 150 valence electrons. The topological polar surface area (TPSA) is 114 Å². The molecule has 0 aliphatic rings. The molecule has 0 unspecified atom stereocenters. The third-order valence-electron chi connectivity index (χ3n) is 4.14. The molecule has 8 nitrogen and oxygen atoms in total. The lowest BCUT2D eigenvalue weighted by Gasteiger charge is -2.10. The summed E-state index contributed by atoms with van der Waals surface area (Å²) < 4.78 is 0. The van der Waals surface area contributed by atoms with Crippen molar-refractivity contribution < 1.29 is 14.5 Å². The summed E-state index contributed by atoms with van der Waals surface area (Å²) in [4.78, 5) is 39.0. The third kappa shape index (κ3) is 5.59. The zero-order valence-corrected chi connectivity index (χ0v) is 15.8. The van der Waals surface area contributed by atoms with Gasteiger partial charge in [0.25, 0.3) is 11.6 Å². The van der Waals surface area contributed by atoms with Crippen molar-refractivity contribution in [2.24, 2.45) is 0 Å². The van der Waals surface area contributed by atoms with Crippen LogP contribution in [0.3, 0.4) is 0 Å². The van der Waals surface area contributed by atoms with Crippen LogP contribution in [0.2, 0.25) is 0 Å². The average Bonchev–Trinajstić information content (AvgIpc) is 2.77. The number of hydrogen-bond donors (Lipinski definition) is 2. The Morgan fingerprint density at radius 1 is 1.03 bits per heavy atom. The molecule has 0 radical (unpaired) electrons. The Hall–Kier alpha value is -4.33. The summed E-state index contributed by atoms with van der Waals surface area (Å²) in [6, 6.07) is 16.1. The number of non-ortho nitro benzene ring substituents is 1. The Balaban J connectivity index is 1.64. The highest BCUT2D eigenvalue weighted by molar-refractivity contribution is 6.07. The summed E-state index contributed by atoms with van der Waals surface area (Å²) in [6.07, 6.45) is 6.15. The number of nitro groups is 1. The highest BCUT2D eigenvalue weighted by Crippen LogP contribution is 2.16. The normalized spacial score (nSPS) is 10.5. The number of benzene rings is 2. The van der Waals surface area contributed by atoms with Gasteiger partial charge in [-0.2, -0.15) is 0 Å². The van der Waals surface area contributed by atoms with E-state index in [1.165, 1.54) is 24.3 Å². The van der Waals surface area contributed by atoms with Gasteiger partial charge in [0.2, 0.25) is 5.91 Å². The Labute approximate surface area is 172 Å². The lowest BCUT2D eigenvalue weighted by molar-refractivity contribution is -0.384. The molecule has 0 aliphatic heterocycles. The Bertz CT molecular complexity index is 1080. The van der Waals surface area contributed by atoms with Crippen LogP contribution in [-0.2, 0) is 11.3 Å². The number of para-hydroxylation sites is 1. The van der Waals surface area contributed by atoms with Crippen LogP contribution in [0.15, 0.2) is 79.1 Å². The Morgan fingerprint density at radius 2 is 1.80 bits per heavy atom. The fourth-order valence-electron chi connectivity index (χ4n) is 2.62.